The zero-order valence-electron chi connectivity index (χ0n) is 11.1. The van der Waals surface area contributed by atoms with Crippen LogP contribution >= 0.6 is 0 Å². The molecule has 100 valence electrons. The van der Waals surface area contributed by atoms with Gasteiger partial charge in [-0.3, -0.25) is 0 Å². The average molecular weight is 249 g/mol. The van der Waals surface area contributed by atoms with Crippen molar-refractivity contribution in [2.75, 3.05) is 13.7 Å². The number of nitrogens with two attached hydrogens (primary N) is 1. The third-order valence-electron chi connectivity index (χ3n) is 4.25. The number of para-hydroxylation sites is 1. The Balaban J connectivity index is 2.24. The van der Waals surface area contributed by atoms with Crippen LogP contribution in [0.3, 0.4) is 0 Å². The number of methoxy groups -OCH3 is 1. The molecule has 0 heterocycles. The summed E-state index contributed by atoms with van der Waals surface area (Å²) in [6.45, 7) is 0.534. The Labute approximate surface area is 109 Å². The number of ether oxygens (including phenoxy) is 1. The standard InChI is InChI=1S/C15H23NO2/c1-18-13-7-3-2-6-12(13)10-15(11-16)9-5-4-8-14(15)17/h2-3,6-7,14,17H,4-5,8-11,16H2,1H3. The molecule has 1 fully saturated rings. The molecule has 1 saturated carbocycles. The van der Waals surface area contributed by atoms with Crippen molar-refractivity contribution in [3.05, 3.63) is 29.8 Å². The average Bonchev–Trinajstić information content (AvgIpc) is 2.42. The summed E-state index contributed by atoms with van der Waals surface area (Å²) in [5, 5.41) is 10.3. The van der Waals surface area contributed by atoms with Crippen molar-refractivity contribution in [1.82, 2.24) is 0 Å². The summed E-state index contributed by atoms with van der Waals surface area (Å²) >= 11 is 0. The third kappa shape index (κ3) is 2.52. The second-order valence-electron chi connectivity index (χ2n) is 5.32. The van der Waals surface area contributed by atoms with E-state index in [2.05, 4.69) is 6.07 Å². The van der Waals surface area contributed by atoms with Crippen LogP contribution in [0.25, 0.3) is 0 Å². The summed E-state index contributed by atoms with van der Waals surface area (Å²) < 4.78 is 5.39. The largest absolute Gasteiger partial charge is 0.496 e. The van der Waals surface area contributed by atoms with Crippen LogP contribution in [0.1, 0.15) is 31.2 Å². The van der Waals surface area contributed by atoms with Gasteiger partial charge in [-0.1, -0.05) is 31.0 Å². The number of benzene rings is 1. The van der Waals surface area contributed by atoms with E-state index in [0.29, 0.717) is 6.54 Å². The maximum atomic E-state index is 10.3. The van der Waals surface area contributed by atoms with E-state index in [9.17, 15) is 5.11 Å². The Kier molecular flexibility index (Phi) is 4.25. The summed E-state index contributed by atoms with van der Waals surface area (Å²) in [5.74, 6) is 0.892. The van der Waals surface area contributed by atoms with Crippen molar-refractivity contribution in [1.29, 1.82) is 0 Å². The molecular weight excluding hydrogens is 226 g/mol. The van der Waals surface area contributed by atoms with E-state index >= 15 is 0 Å². The lowest BCUT2D eigenvalue weighted by Crippen LogP contribution is -2.45. The first-order chi connectivity index (χ1) is 8.72. The van der Waals surface area contributed by atoms with Crippen LogP contribution in [0.5, 0.6) is 5.75 Å². The van der Waals surface area contributed by atoms with Crippen molar-refractivity contribution in [3.63, 3.8) is 0 Å². The Bertz CT molecular complexity index is 394. The molecule has 3 heteroatoms. The highest BCUT2D eigenvalue weighted by Crippen LogP contribution is 2.40. The maximum Gasteiger partial charge on any atom is 0.122 e. The summed E-state index contributed by atoms with van der Waals surface area (Å²) in [6.07, 6.45) is 4.64. The van der Waals surface area contributed by atoms with Gasteiger partial charge in [-0.25, -0.2) is 0 Å². The Morgan fingerprint density at radius 2 is 2.17 bits per heavy atom. The molecule has 3 N–H and O–H groups in total. The predicted molar refractivity (Wildman–Crippen MR) is 72.7 cm³/mol. The topological polar surface area (TPSA) is 55.5 Å². The first kappa shape index (κ1) is 13.4. The molecular formula is C15H23NO2. The van der Waals surface area contributed by atoms with Gasteiger partial charge in [-0.2, -0.15) is 0 Å². The maximum absolute atomic E-state index is 10.3. The SMILES string of the molecule is COc1ccccc1CC1(CN)CCCCC1O. The monoisotopic (exact) mass is 249 g/mol. The molecule has 2 unspecified atom stereocenters. The van der Waals surface area contributed by atoms with Gasteiger partial charge in [0.1, 0.15) is 5.75 Å². The van der Waals surface area contributed by atoms with Crippen LogP contribution < -0.4 is 10.5 Å². The lowest BCUT2D eigenvalue weighted by atomic mass is 9.68. The number of aliphatic hydroxyl groups excluding tert-OH is 1. The van der Waals surface area contributed by atoms with Crippen LogP contribution in [0.15, 0.2) is 24.3 Å². The molecule has 0 amide bonds. The Morgan fingerprint density at radius 1 is 1.39 bits per heavy atom. The minimum absolute atomic E-state index is 0.174. The van der Waals surface area contributed by atoms with Crippen LogP contribution in [0.2, 0.25) is 0 Å². The van der Waals surface area contributed by atoms with E-state index in [1.807, 2.05) is 18.2 Å². The molecule has 0 aromatic heterocycles. The lowest BCUT2D eigenvalue weighted by molar-refractivity contribution is -0.00613. The first-order valence-corrected chi connectivity index (χ1v) is 6.72. The van der Waals surface area contributed by atoms with Gasteiger partial charge in [-0.15, -0.1) is 0 Å². The minimum atomic E-state index is -0.291. The van der Waals surface area contributed by atoms with E-state index in [1.165, 1.54) is 0 Å². The van der Waals surface area contributed by atoms with Crippen molar-refractivity contribution in [2.24, 2.45) is 11.1 Å². The van der Waals surface area contributed by atoms with E-state index in [0.717, 1.165) is 43.4 Å². The predicted octanol–water partition coefficient (Wildman–Crippen LogP) is 2.12. The Hall–Kier alpha value is -1.06. The van der Waals surface area contributed by atoms with E-state index < -0.39 is 0 Å². The van der Waals surface area contributed by atoms with Crippen molar-refractivity contribution in [2.45, 2.75) is 38.2 Å². The fraction of sp³-hybridized carbons (Fsp3) is 0.600. The zero-order valence-corrected chi connectivity index (χ0v) is 11.1. The molecule has 0 spiro atoms. The van der Waals surface area contributed by atoms with E-state index in [-0.39, 0.29) is 11.5 Å². The second kappa shape index (κ2) is 5.72. The highest BCUT2D eigenvalue weighted by molar-refractivity contribution is 5.34. The summed E-state index contributed by atoms with van der Waals surface area (Å²) in [6, 6.07) is 8.01. The number of hydrogen-bond acceptors (Lipinski definition) is 3. The van der Waals surface area contributed by atoms with Crippen LogP contribution in [0.4, 0.5) is 0 Å². The lowest BCUT2D eigenvalue weighted by Gasteiger charge is -2.41. The molecule has 1 aliphatic carbocycles. The molecule has 1 aromatic carbocycles. The van der Waals surface area contributed by atoms with Crippen LogP contribution in [0, 0.1) is 5.41 Å². The molecule has 2 atom stereocenters. The first-order valence-electron chi connectivity index (χ1n) is 6.72. The van der Waals surface area contributed by atoms with Gasteiger partial charge in [0.15, 0.2) is 0 Å². The summed E-state index contributed by atoms with van der Waals surface area (Å²) in [4.78, 5) is 0. The van der Waals surface area contributed by atoms with Crippen molar-refractivity contribution in [3.8, 4) is 5.75 Å². The molecule has 3 nitrogen and oxygen atoms in total. The molecule has 0 bridgehead atoms. The van der Waals surface area contributed by atoms with Crippen LogP contribution in [-0.2, 0) is 6.42 Å². The van der Waals surface area contributed by atoms with Gasteiger partial charge < -0.3 is 15.6 Å². The van der Waals surface area contributed by atoms with E-state index in [1.54, 1.807) is 7.11 Å². The highest BCUT2D eigenvalue weighted by Gasteiger charge is 2.39. The smallest absolute Gasteiger partial charge is 0.122 e. The second-order valence-corrected chi connectivity index (χ2v) is 5.32. The molecule has 0 saturated heterocycles. The zero-order chi connectivity index (χ0) is 13.0. The number of aliphatic hydroxyl groups is 1. The van der Waals surface area contributed by atoms with Crippen LogP contribution in [-0.4, -0.2) is 24.9 Å². The van der Waals surface area contributed by atoms with Crippen molar-refractivity contribution < 1.29 is 9.84 Å². The summed E-state index contributed by atoms with van der Waals surface area (Å²) in [5.41, 5.74) is 6.94. The van der Waals surface area contributed by atoms with Gasteiger partial charge in [0.05, 0.1) is 13.2 Å². The molecule has 1 aromatic rings. The van der Waals surface area contributed by atoms with E-state index in [4.69, 9.17) is 10.5 Å². The highest BCUT2D eigenvalue weighted by atomic mass is 16.5. The molecule has 0 radical (unpaired) electrons. The minimum Gasteiger partial charge on any atom is -0.496 e. The number of hydrogen-bond donors (Lipinski definition) is 2. The Morgan fingerprint density at radius 3 is 2.83 bits per heavy atom. The molecule has 2 rings (SSSR count). The molecule has 0 aliphatic heterocycles. The normalized spacial score (nSPS) is 28.1. The van der Waals surface area contributed by atoms with Gasteiger partial charge in [-0.05, 0) is 30.9 Å². The summed E-state index contributed by atoms with van der Waals surface area (Å²) in [7, 11) is 1.69. The fourth-order valence-electron chi connectivity index (χ4n) is 3.03. The quantitative estimate of drug-likeness (QED) is 0.859. The van der Waals surface area contributed by atoms with Crippen molar-refractivity contribution >= 4 is 0 Å². The number of rotatable bonds is 4. The third-order valence-corrected chi connectivity index (χ3v) is 4.25. The van der Waals surface area contributed by atoms with Gasteiger partial charge in [0.25, 0.3) is 0 Å². The molecule has 1 aliphatic rings. The van der Waals surface area contributed by atoms with Gasteiger partial charge in [0.2, 0.25) is 0 Å². The van der Waals surface area contributed by atoms with Gasteiger partial charge in [0, 0.05) is 12.0 Å². The fourth-order valence-corrected chi connectivity index (χ4v) is 3.03. The van der Waals surface area contributed by atoms with Gasteiger partial charge >= 0.3 is 0 Å². The molecule has 18 heavy (non-hydrogen) atoms.